The van der Waals surface area contributed by atoms with Gasteiger partial charge in [0, 0.05) is 29.5 Å². The van der Waals surface area contributed by atoms with Crippen molar-refractivity contribution in [2.24, 2.45) is 0 Å². The van der Waals surface area contributed by atoms with Crippen molar-refractivity contribution in [3.05, 3.63) is 28.8 Å². The molecule has 0 bridgehead atoms. The Kier molecular flexibility index (Phi) is 5.29. The highest BCUT2D eigenvalue weighted by Gasteiger charge is 2.36. The molecule has 1 fully saturated rings. The summed E-state index contributed by atoms with van der Waals surface area (Å²) < 4.78 is 27.2. The monoisotopic (exact) mass is 353 g/mol. The van der Waals surface area contributed by atoms with Crippen molar-refractivity contribution in [3.8, 4) is 0 Å². The van der Waals surface area contributed by atoms with Crippen molar-refractivity contribution in [3.63, 3.8) is 0 Å². The lowest BCUT2D eigenvalue weighted by atomic mass is 10.2. The van der Waals surface area contributed by atoms with Gasteiger partial charge in [-0.3, -0.25) is 0 Å². The SMILES string of the molecule is CC1SCCN(S(=O)(=O)c2cc(CCl)ccc2Cl)C1C. The van der Waals surface area contributed by atoms with E-state index >= 15 is 0 Å². The van der Waals surface area contributed by atoms with Crippen LogP contribution in [0.3, 0.4) is 0 Å². The smallest absolute Gasteiger partial charge is 0.207 e. The Morgan fingerprint density at radius 1 is 1.40 bits per heavy atom. The molecule has 0 amide bonds. The summed E-state index contributed by atoms with van der Waals surface area (Å²) in [6.45, 7) is 4.50. The van der Waals surface area contributed by atoms with Crippen LogP contribution in [0.1, 0.15) is 19.4 Å². The van der Waals surface area contributed by atoms with Gasteiger partial charge in [-0.1, -0.05) is 24.6 Å². The van der Waals surface area contributed by atoms with Crippen LogP contribution in [-0.2, 0) is 15.9 Å². The highest BCUT2D eigenvalue weighted by atomic mass is 35.5. The highest BCUT2D eigenvalue weighted by molar-refractivity contribution is 8.00. The fourth-order valence-corrected chi connectivity index (χ4v) is 5.89. The van der Waals surface area contributed by atoms with E-state index < -0.39 is 10.0 Å². The van der Waals surface area contributed by atoms with Gasteiger partial charge < -0.3 is 0 Å². The van der Waals surface area contributed by atoms with E-state index in [0.29, 0.717) is 6.54 Å². The van der Waals surface area contributed by atoms with Gasteiger partial charge in [0.2, 0.25) is 10.0 Å². The predicted octanol–water partition coefficient (Wildman–Crippen LogP) is 3.59. The first kappa shape index (κ1) is 16.4. The fourth-order valence-electron chi connectivity index (χ4n) is 2.20. The van der Waals surface area contributed by atoms with Crippen LogP contribution in [-0.4, -0.2) is 36.3 Å². The molecule has 0 spiro atoms. The number of alkyl halides is 1. The number of nitrogens with zero attached hydrogens (tertiary/aromatic N) is 1. The third-order valence-electron chi connectivity index (χ3n) is 3.56. The summed E-state index contributed by atoms with van der Waals surface area (Å²) in [5.41, 5.74) is 0.752. The van der Waals surface area contributed by atoms with Crippen LogP contribution >= 0.6 is 35.0 Å². The number of thioether (sulfide) groups is 1. The molecule has 0 radical (unpaired) electrons. The second-order valence-corrected chi connectivity index (χ2v) is 8.85. The average molecular weight is 354 g/mol. The minimum Gasteiger partial charge on any atom is -0.207 e. The Labute approximate surface area is 134 Å². The van der Waals surface area contributed by atoms with Crippen LogP contribution in [0.15, 0.2) is 23.1 Å². The molecular weight excluding hydrogens is 337 g/mol. The molecule has 112 valence electrons. The lowest BCUT2D eigenvalue weighted by molar-refractivity contribution is 0.340. The molecule has 1 heterocycles. The van der Waals surface area contributed by atoms with Crippen molar-refractivity contribution in [2.75, 3.05) is 12.3 Å². The van der Waals surface area contributed by atoms with E-state index in [4.69, 9.17) is 23.2 Å². The van der Waals surface area contributed by atoms with Gasteiger partial charge in [-0.2, -0.15) is 16.1 Å². The molecule has 1 aliphatic heterocycles. The molecule has 2 unspecified atom stereocenters. The summed E-state index contributed by atoms with van der Waals surface area (Å²) in [7, 11) is -3.58. The van der Waals surface area contributed by atoms with Crippen LogP contribution in [0.4, 0.5) is 0 Å². The van der Waals surface area contributed by atoms with Crippen LogP contribution in [0.5, 0.6) is 0 Å². The van der Waals surface area contributed by atoms with Crippen LogP contribution in [0.25, 0.3) is 0 Å². The van der Waals surface area contributed by atoms with Crippen molar-refractivity contribution in [1.82, 2.24) is 4.31 Å². The van der Waals surface area contributed by atoms with Gasteiger partial charge in [-0.25, -0.2) is 8.42 Å². The predicted molar refractivity (Wildman–Crippen MR) is 86.3 cm³/mol. The number of sulfonamides is 1. The Balaban J connectivity index is 2.44. The Morgan fingerprint density at radius 3 is 2.75 bits per heavy atom. The van der Waals surface area contributed by atoms with E-state index in [1.165, 1.54) is 0 Å². The van der Waals surface area contributed by atoms with Gasteiger partial charge in [0.05, 0.1) is 5.02 Å². The van der Waals surface area contributed by atoms with Crippen LogP contribution in [0.2, 0.25) is 5.02 Å². The van der Waals surface area contributed by atoms with Gasteiger partial charge >= 0.3 is 0 Å². The van der Waals surface area contributed by atoms with E-state index in [9.17, 15) is 8.42 Å². The second kappa shape index (κ2) is 6.44. The number of benzene rings is 1. The summed E-state index contributed by atoms with van der Waals surface area (Å²) in [5, 5.41) is 0.519. The first-order chi connectivity index (χ1) is 9.37. The van der Waals surface area contributed by atoms with E-state index in [2.05, 4.69) is 0 Å². The van der Waals surface area contributed by atoms with E-state index in [-0.39, 0.29) is 27.1 Å². The highest BCUT2D eigenvalue weighted by Crippen LogP contribution is 2.32. The maximum absolute atomic E-state index is 12.8. The molecule has 0 aliphatic carbocycles. The van der Waals surface area contributed by atoms with E-state index in [1.54, 1.807) is 34.3 Å². The maximum atomic E-state index is 12.8. The standard InChI is InChI=1S/C13H17Cl2NO2S2/c1-9-10(2)19-6-5-16(9)20(17,18)13-7-11(8-14)3-4-12(13)15/h3-4,7,9-10H,5-6,8H2,1-2H3. The van der Waals surface area contributed by atoms with Crippen molar-refractivity contribution in [2.45, 2.75) is 35.9 Å². The first-order valence-corrected chi connectivity index (χ1v) is 9.76. The molecule has 1 aliphatic rings. The summed E-state index contributed by atoms with van der Waals surface area (Å²) in [4.78, 5) is 0.156. The van der Waals surface area contributed by atoms with Crippen LogP contribution < -0.4 is 0 Å². The molecule has 1 aromatic rings. The summed E-state index contributed by atoms with van der Waals surface area (Å²) in [6, 6.07) is 4.87. The lowest BCUT2D eigenvalue weighted by Crippen LogP contribution is -2.47. The molecule has 0 N–H and O–H groups in total. The van der Waals surface area contributed by atoms with Crippen molar-refractivity contribution in [1.29, 1.82) is 0 Å². The zero-order valence-corrected chi connectivity index (χ0v) is 14.5. The van der Waals surface area contributed by atoms with Crippen molar-refractivity contribution >= 4 is 45.0 Å². The normalized spacial score (nSPS) is 24.8. The van der Waals surface area contributed by atoms with Gasteiger partial charge in [-0.05, 0) is 24.6 Å². The molecule has 1 saturated heterocycles. The van der Waals surface area contributed by atoms with Crippen molar-refractivity contribution < 1.29 is 8.42 Å². The number of rotatable bonds is 3. The van der Waals surface area contributed by atoms with E-state index in [1.807, 2.05) is 13.8 Å². The first-order valence-electron chi connectivity index (χ1n) is 6.35. The number of halogens is 2. The topological polar surface area (TPSA) is 37.4 Å². The third-order valence-corrected chi connectivity index (χ3v) is 7.68. The Bertz CT molecular complexity index is 592. The molecule has 0 aromatic heterocycles. The molecular formula is C13H17Cl2NO2S2. The molecule has 0 saturated carbocycles. The zero-order valence-electron chi connectivity index (χ0n) is 11.3. The van der Waals surface area contributed by atoms with Crippen LogP contribution in [0, 0.1) is 0 Å². The summed E-state index contributed by atoms with van der Waals surface area (Å²) in [6.07, 6.45) is 0. The summed E-state index contributed by atoms with van der Waals surface area (Å²) in [5.74, 6) is 1.07. The number of hydrogen-bond donors (Lipinski definition) is 0. The molecule has 3 nitrogen and oxygen atoms in total. The van der Waals surface area contributed by atoms with Gasteiger partial charge in [-0.15, -0.1) is 11.6 Å². The minimum absolute atomic E-state index is 0.0468. The maximum Gasteiger partial charge on any atom is 0.244 e. The Morgan fingerprint density at radius 2 is 2.10 bits per heavy atom. The van der Waals surface area contributed by atoms with Gasteiger partial charge in [0.25, 0.3) is 0 Å². The average Bonchev–Trinajstić information content (AvgIpc) is 2.42. The lowest BCUT2D eigenvalue weighted by Gasteiger charge is -2.36. The third kappa shape index (κ3) is 3.12. The molecule has 2 atom stereocenters. The molecule has 2 rings (SSSR count). The second-order valence-electron chi connectivity index (χ2n) is 4.83. The van der Waals surface area contributed by atoms with E-state index in [0.717, 1.165) is 11.3 Å². The fraction of sp³-hybridized carbons (Fsp3) is 0.538. The molecule has 20 heavy (non-hydrogen) atoms. The molecule has 1 aromatic carbocycles. The summed E-state index contributed by atoms with van der Waals surface area (Å²) >= 11 is 13.7. The molecule has 7 heteroatoms. The number of hydrogen-bond acceptors (Lipinski definition) is 3. The Hall–Kier alpha value is 0.0600. The zero-order chi connectivity index (χ0) is 14.9. The largest absolute Gasteiger partial charge is 0.244 e. The van der Waals surface area contributed by atoms with Gasteiger partial charge in [0.1, 0.15) is 4.90 Å². The quantitative estimate of drug-likeness (QED) is 0.779. The minimum atomic E-state index is -3.58. The van der Waals surface area contributed by atoms with Gasteiger partial charge in [0.15, 0.2) is 0 Å².